The van der Waals surface area contributed by atoms with Crippen molar-refractivity contribution in [2.45, 2.75) is 42.6 Å². The fourth-order valence-corrected chi connectivity index (χ4v) is 10.9. The van der Waals surface area contributed by atoms with E-state index in [1.807, 2.05) is 52.0 Å². The summed E-state index contributed by atoms with van der Waals surface area (Å²) in [6.45, 7) is 10.7. The van der Waals surface area contributed by atoms with Gasteiger partial charge in [-0.2, -0.15) is 40.5 Å². The van der Waals surface area contributed by atoms with Crippen LogP contribution >= 0.6 is 34.8 Å². The number of rotatable bonds is 21. The second-order valence-electron chi connectivity index (χ2n) is 14.1. The Balaban J connectivity index is 1.32. The lowest BCUT2D eigenvalue weighted by molar-refractivity contribution is 0.322. The van der Waals surface area contributed by atoms with Gasteiger partial charge < -0.3 is 35.0 Å². The molecule has 0 saturated heterocycles. The smallest absolute Gasteiger partial charge is 0.299 e. The monoisotopic (exact) mass is 1020 g/mol. The van der Waals surface area contributed by atoms with Crippen molar-refractivity contribution in [3.63, 3.8) is 0 Å². The van der Waals surface area contributed by atoms with Crippen LogP contribution in [0.25, 0.3) is 21.8 Å². The molecule has 27 heteroatoms. The van der Waals surface area contributed by atoms with Crippen LogP contribution in [0.15, 0.2) is 96.1 Å². The Morgan fingerprint density at radius 2 is 1.06 bits per heavy atom. The fraction of sp³-hybridized carbons (Fsp3) is 0.293. The van der Waals surface area contributed by atoms with Crippen molar-refractivity contribution in [1.82, 2.24) is 23.7 Å². The van der Waals surface area contributed by atoms with Crippen LogP contribution in [0.3, 0.4) is 0 Å². The fourth-order valence-electron chi connectivity index (χ4n) is 7.02. The molecule has 0 radical (unpaired) electrons. The Labute approximate surface area is 403 Å². The van der Waals surface area contributed by atoms with E-state index in [0.717, 1.165) is 34.4 Å². The number of ether oxygens (including phenoxy) is 2. The number of aliphatic hydroxyl groups excluding tert-OH is 1. The van der Waals surface area contributed by atoms with Crippen LogP contribution in [0.4, 0.5) is 56.0 Å². The molecular formula is C41H45N13O9S5. The Hall–Kier alpha value is -6.20. The van der Waals surface area contributed by atoms with E-state index in [1.54, 1.807) is 24.3 Å². The summed E-state index contributed by atoms with van der Waals surface area (Å²) in [7, 11) is -6.97. The summed E-state index contributed by atoms with van der Waals surface area (Å²) in [5.41, 5.74) is 3.62. The van der Waals surface area contributed by atoms with Gasteiger partial charge in [0.05, 0.1) is 54.0 Å². The zero-order chi connectivity index (χ0) is 48.8. The predicted molar refractivity (Wildman–Crippen MR) is 265 cm³/mol. The van der Waals surface area contributed by atoms with E-state index in [9.17, 15) is 31.0 Å². The number of hydrogen-bond donors (Lipinski definition) is 5. The molecule has 5 N–H and O–H groups in total. The second kappa shape index (κ2) is 21.4. The Bertz CT molecular complexity index is 3040. The number of anilines is 6. The summed E-state index contributed by atoms with van der Waals surface area (Å²) in [6.07, 6.45) is 0. The number of nitrogens with one attached hydrogen (secondary N) is 2. The van der Waals surface area contributed by atoms with Crippen molar-refractivity contribution in [3.05, 3.63) is 60.7 Å². The Kier molecular flexibility index (Phi) is 15.6. The molecule has 68 heavy (non-hydrogen) atoms. The van der Waals surface area contributed by atoms with Gasteiger partial charge in [0, 0.05) is 43.3 Å². The lowest BCUT2D eigenvalue weighted by atomic mass is 10.2. The molecule has 0 unspecified atom stereocenters. The third kappa shape index (κ3) is 10.9. The van der Waals surface area contributed by atoms with Crippen LogP contribution in [0, 0.1) is 0 Å². The molecule has 0 spiro atoms. The van der Waals surface area contributed by atoms with Crippen molar-refractivity contribution in [2.24, 2.45) is 20.5 Å². The van der Waals surface area contributed by atoms with Crippen LogP contribution in [-0.4, -0.2) is 108 Å². The summed E-state index contributed by atoms with van der Waals surface area (Å²) in [4.78, 5) is 17.3. The SMILES string of the molecule is CCN(CC)c1ccc(/N=N/c2snc3ccc(OC)c(S(=O)(=O)O)c23)c(Nc2nc(Nc3cc(N(CC)CC)ccc3/N=N/c3snc4ccc(OC)c(S(=O)(=O)O)c34)nc(SCCO)n2)c1. The van der Waals surface area contributed by atoms with Crippen molar-refractivity contribution in [2.75, 3.05) is 73.2 Å². The number of benzene rings is 4. The molecule has 3 heterocycles. The molecule has 0 aliphatic rings. The van der Waals surface area contributed by atoms with Gasteiger partial charge >= 0.3 is 0 Å². The van der Waals surface area contributed by atoms with Crippen molar-refractivity contribution in [3.8, 4) is 11.5 Å². The van der Waals surface area contributed by atoms with E-state index in [1.165, 1.54) is 38.1 Å². The van der Waals surface area contributed by atoms with Gasteiger partial charge in [-0.05, 0) is 111 Å². The molecule has 0 amide bonds. The maximum atomic E-state index is 12.6. The number of azo groups is 2. The Morgan fingerprint density at radius 1 is 0.632 bits per heavy atom. The first-order chi connectivity index (χ1) is 32.6. The number of fused-ring (bicyclic) bond motifs is 2. The van der Waals surface area contributed by atoms with E-state index in [4.69, 9.17) is 14.5 Å². The van der Waals surface area contributed by atoms with Gasteiger partial charge in [-0.3, -0.25) is 9.11 Å². The highest BCUT2D eigenvalue weighted by Gasteiger charge is 2.27. The average Bonchev–Trinajstić information content (AvgIpc) is 3.93. The molecule has 4 aromatic carbocycles. The highest BCUT2D eigenvalue weighted by Crippen LogP contribution is 2.44. The number of aliphatic hydroxyl groups is 1. The standard InChI is InChI=1S/C41H45N13O9S5/c1-7-53(8-2)23-11-13-25(47-49-37-33-27(51-65-37)15-17-31(62-5)35(33)67(56,57)58)29(21-23)42-39-44-40(46-41(45-39)64-20-19-55)43-30-22-24(54(9-3)10-4)12-14-26(30)48-50-38-34-28(52-66-38)16-18-32(63-6)36(34)68(59,60)61/h11-18,21-22,55H,7-10,19-20H2,1-6H3,(H,56,57,58)(H,59,60,61)(H2,42,43,44,45,46)/b49-47+,50-48+. The zero-order valence-corrected chi connectivity index (χ0v) is 41.4. The first kappa shape index (κ1) is 49.7. The van der Waals surface area contributed by atoms with Crippen LogP contribution in [0.2, 0.25) is 0 Å². The van der Waals surface area contributed by atoms with Crippen molar-refractivity contribution >= 4 is 133 Å². The van der Waals surface area contributed by atoms with E-state index in [0.29, 0.717) is 48.9 Å². The molecule has 0 atom stereocenters. The third-order valence-corrected chi connectivity index (χ3v) is 14.4. The van der Waals surface area contributed by atoms with Crippen molar-refractivity contribution < 1.29 is 40.5 Å². The van der Waals surface area contributed by atoms with Crippen LogP contribution in [0.1, 0.15) is 27.7 Å². The summed E-state index contributed by atoms with van der Waals surface area (Å²) >= 11 is 2.95. The minimum atomic E-state index is -4.77. The van der Waals surface area contributed by atoms with Gasteiger partial charge in [-0.15, -0.1) is 20.5 Å². The highest BCUT2D eigenvalue weighted by atomic mass is 32.2. The third-order valence-electron chi connectivity index (χ3n) is 10.2. The molecule has 7 rings (SSSR count). The largest absolute Gasteiger partial charge is 0.495 e. The number of methoxy groups -OCH3 is 2. The minimum Gasteiger partial charge on any atom is -0.495 e. The van der Waals surface area contributed by atoms with Crippen LogP contribution in [-0.2, 0) is 20.2 Å². The molecule has 0 aliphatic heterocycles. The van der Waals surface area contributed by atoms with E-state index < -0.39 is 30.0 Å². The van der Waals surface area contributed by atoms with Crippen LogP contribution in [0.5, 0.6) is 11.5 Å². The number of thioether (sulfide) groups is 1. The Morgan fingerprint density at radius 3 is 1.43 bits per heavy atom. The number of nitrogens with zero attached hydrogens (tertiary/aromatic N) is 11. The molecule has 7 aromatic rings. The van der Waals surface area contributed by atoms with E-state index >= 15 is 0 Å². The van der Waals surface area contributed by atoms with E-state index in [2.05, 4.69) is 59.6 Å². The van der Waals surface area contributed by atoms with Gasteiger partial charge in [0.25, 0.3) is 20.2 Å². The first-order valence-electron chi connectivity index (χ1n) is 20.7. The summed E-state index contributed by atoms with van der Waals surface area (Å²) in [5, 5.41) is 34.7. The maximum absolute atomic E-state index is 12.6. The van der Waals surface area contributed by atoms with Gasteiger partial charge in [0.1, 0.15) is 32.7 Å². The van der Waals surface area contributed by atoms with Gasteiger partial charge in [0.2, 0.25) is 11.9 Å². The van der Waals surface area contributed by atoms with Gasteiger partial charge in [-0.25, -0.2) is 0 Å². The van der Waals surface area contributed by atoms with Crippen molar-refractivity contribution in [1.29, 1.82) is 0 Å². The zero-order valence-electron chi connectivity index (χ0n) is 37.3. The summed E-state index contributed by atoms with van der Waals surface area (Å²) in [5.74, 6) is 0.229. The molecule has 3 aromatic heterocycles. The molecule has 0 aliphatic carbocycles. The normalized spacial score (nSPS) is 12.1. The predicted octanol–water partition coefficient (Wildman–Crippen LogP) is 9.70. The maximum Gasteiger partial charge on any atom is 0.299 e. The number of aromatic nitrogens is 5. The molecule has 0 bridgehead atoms. The second-order valence-corrected chi connectivity index (χ2v) is 19.4. The van der Waals surface area contributed by atoms with Gasteiger partial charge in [-0.1, -0.05) is 11.8 Å². The first-order valence-corrected chi connectivity index (χ1v) is 26.1. The van der Waals surface area contributed by atoms with E-state index in [-0.39, 0.29) is 72.7 Å². The van der Waals surface area contributed by atoms with Crippen LogP contribution < -0.4 is 29.9 Å². The lowest BCUT2D eigenvalue weighted by Crippen LogP contribution is -2.21. The molecule has 0 saturated carbocycles. The highest BCUT2D eigenvalue weighted by molar-refractivity contribution is 7.99. The lowest BCUT2D eigenvalue weighted by Gasteiger charge is -2.22. The number of hydrogen-bond acceptors (Lipinski definition) is 23. The topological polar surface area (TPSA) is 292 Å². The molecular weight excluding hydrogens is 979 g/mol. The molecule has 358 valence electrons. The average molecular weight is 1020 g/mol. The summed E-state index contributed by atoms with van der Waals surface area (Å²) < 4.78 is 89.8. The quantitative estimate of drug-likeness (QED) is 0.0254. The molecule has 0 fully saturated rings. The van der Waals surface area contributed by atoms with Gasteiger partial charge in [0.15, 0.2) is 15.2 Å². The minimum absolute atomic E-state index is 0.0427. The molecule has 22 nitrogen and oxygen atoms in total. The summed E-state index contributed by atoms with van der Waals surface area (Å²) in [6, 6.07) is 16.8.